The number of Topliss-reactive ketones (excluding diaryl/α,β-unsaturated/α-hetero) is 1. The van der Waals surface area contributed by atoms with E-state index < -0.39 is 11.7 Å². The number of aromatic hydroxyl groups is 1. The predicted molar refractivity (Wildman–Crippen MR) is 179 cm³/mol. The Morgan fingerprint density at radius 2 is 1.62 bits per heavy atom. The first kappa shape index (κ1) is 29.3. The number of nitrogens with zero attached hydrogens (tertiary/aromatic N) is 2. The van der Waals surface area contributed by atoms with E-state index >= 15 is 0 Å². The van der Waals surface area contributed by atoms with Crippen molar-refractivity contribution in [3.63, 3.8) is 0 Å². The number of phenols is 1. The number of piperazine rings is 1. The number of anilines is 1. The van der Waals surface area contributed by atoms with E-state index in [0.29, 0.717) is 17.2 Å². The minimum absolute atomic E-state index is 0.0327. The van der Waals surface area contributed by atoms with Crippen molar-refractivity contribution in [3.8, 4) is 16.9 Å². The Kier molecular flexibility index (Phi) is 8.37. The second-order valence-electron chi connectivity index (χ2n) is 12.3. The van der Waals surface area contributed by atoms with Gasteiger partial charge in [-0.3, -0.25) is 9.69 Å². The van der Waals surface area contributed by atoms with E-state index in [9.17, 15) is 14.3 Å². The third-order valence-electron chi connectivity index (χ3n) is 9.56. The van der Waals surface area contributed by atoms with Crippen LogP contribution >= 0.6 is 0 Å². The van der Waals surface area contributed by atoms with E-state index in [1.165, 1.54) is 36.7 Å². The first-order chi connectivity index (χ1) is 22.0. The average Bonchev–Trinajstić information content (AvgIpc) is 3.53. The Morgan fingerprint density at radius 3 is 2.40 bits per heavy atom. The first-order valence-corrected chi connectivity index (χ1v) is 16.0. The monoisotopic (exact) mass is 602 g/mol. The molecule has 4 aromatic carbocycles. The van der Waals surface area contributed by atoms with Crippen LogP contribution in [-0.2, 0) is 0 Å². The first-order valence-electron chi connectivity index (χ1n) is 16.0. The summed E-state index contributed by atoms with van der Waals surface area (Å²) in [6.45, 7) is 6.62. The van der Waals surface area contributed by atoms with Gasteiger partial charge in [-0.25, -0.2) is 4.39 Å². The minimum Gasteiger partial charge on any atom is -0.508 e. The number of nitrogens with one attached hydrogen (secondary N) is 2. The van der Waals surface area contributed by atoms with E-state index in [4.69, 9.17) is 0 Å². The number of carbonyl (C=O) groups is 1. The summed E-state index contributed by atoms with van der Waals surface area (Å²) in [5, 5.41) is 15.2. The van der Waals surface area contributed by atoms with Crippen LogP contribution in [0.2, 0.25) is 0 Å². The van der Waals surface area contributed by atoms with Gasteiger partial charge in [-0.1, -0.05) is 48.5 Å². The van der Waals surface area contributed by atoms with Crippen LogP contribution in [0.5, 0.6) is 5.75 Å². The summed E-state index contributed by atoms with van der Waals surface area (Å²) in [6, 6.07) is 30.8. The maximum Gasteiger partial charge on any atom is 0.163 e. The fourth-order valence-electron chi connectivity index (χ4n) is 7.05. The summed E-state index contributed by atoms with van der Waals surface area (Å²) in [4.78, 5) is 22.3. The highest BCUT2D eigenvalue weighted by Gasteiger charge is 2.26. The van der Waals surface area contributed by atoms with Crippen molar-refractivity contribution in [1.29, 1.82) is 0 Å². The molecule has 7 rings (SSSR count). The summed E-state index contributed by atoms with van der Waals surface area (Å²) < 4.78 is 14.4. The predicted octanol–water partition coefficient (Wildman–Crippen LogP) is 6.96. The number of H-pyrrole nitrogens is 1. The van der Waals surface area contributed by atoms with Crippen molar-refractivity contribution in [1.82, 2.24) is 15.2 Å². The Labute approximate surface area is 263 Å². The zero-order valence-electron chi connectivity index (χ0n) is 25.4. The number of benzene rings is 4. The summed E-state index contributed by atoms with van der Waals surface area (Å²) in [7, 11) is 0. The molecule has 0 spiro atoms. The van der Waals surface area contributed by atoms with E-state index in [2.05, 4.69) is 44.4 Å². The highest BCUT2D eigenvalue weighted by molar-refractivity contribution is 5.98. The summed E-state index contributed by atoms with van der Waals surface area (Å²) in [5.74, 6) is -1.10. The van der Waals surface area contributed by atoms with Crippen molar-refractivity contribution >= 4 is 22.4 Å². The van der Waals surface area contributed by atoms with Gasteiger partial charge >= 0.3 is 0 Å². The second-order valence-corrected chi connectivity index (χ2v) is 12.3. The van der Waals surface area contributed by atoms with Crippen molar-refractivity contribution in [2.45, 2.75) is 31.2 Å². The van der Waals surface area contributed by atoms with E-state index in [-0.39, 0.29) is 18.0 Å². The molecule has 230 valence electrons. The highest BCUT2D eigenvalue weighted by Crippen LogP contribution is 2.37. The third-order valence-corrected chi connectivity index (χ3v) is 9.56. The fraction of sp³-hybridized carbons (Fsp3) is 0.289. The molecule has 3 N–H and O–H groups in total. The fourth-order valence-corrected chi connectivity index (χ4v) is 7.05. The van der Waals surface area contributed by atoms with Crippen LogP contribution in [0.4, 0.5) is 10.1 Å². The number of rotatable bonds is 8. The molecule has 1 aromatic heterocycles. The molecule has 2 aliphatic rings. The molecule has 2 fully saturated rings. The molecule has 3 heterocycles. The number of fused-ring (bicyclic) bond motifs is 1. The number of aromatic nitrogens is 1. The number of aromatic amines is 1. The second kappa shape index (κ2) is 12.9. The molecule has 0 radical (unpaired) electrons. The molecule has 6 nitrogen and oxygen atoms in total. The topological polar surface area (TPSA) is 71.6 Å². The summed E-state index contributed by atoms with van der Waals surface area (Å²) in [5.41, 5.74) is 5.92. The highest BCUT2D eigenvalue weighted by atomic mass is 19.1. The molecule has 0 bridgehead atoms. The van der Waals surface area contributed by atoms with E-state index in [1.54, 1.807) is 0 Å². The smallest absolute Gasteiger partial charge is 0.163 e. The number of halogens is 1. The molecule has 7 heteroatoms. The quantitative estimate of drug-likeness (QED) is 0.168. The lowest BCUT2D eigenvalue weighted by Crippen LogP contribution is -2.52. The van der Waals surface area contributed by atoms with Gasteiger partial charge in [0.1, 0.15) is 11.6 Å². The molecule has 2 aliphatic heterocycles. The van der Waals surface area contributed by atoms with Crippen LogP contribution in [0.25, 0.3) is 22.0 Å². The zero-order chi connectivity index (χ0) is 30.8. The standard InChI is InChI=1S/C38H39FN4O2/c39-30-10-13-37(44)34(24-30)33(36-23-28-4-1-2-7-35(28)41-36)25-38(45)29-6-3-5-27(22-29)26-8-11-31(12-9-26)42-18-14-32(15-19-42)43-20-16-40-17-21-43/h1-13,22-24,32-33,40-41,44H,14-21,25H2/t33-/m1/s1. The van der Waals surface area contributed by atoms with Gasteiger partial charge in [-0.05, 0) is 77.9 Å². The van der Waals surface area contributed by atoms with Gasteiger partial charge in [0.25, 0.3) is 0 Å². The van der Waals surface area contributed by atoms with Gasteiger partial charge in [0.15, 0.2) is 5.78 Å². The molecular weight excluding hydrogens is 563 g/mol. The number of piperidine rings is 1. The lowest BCUT2D eigenvalue weighted by atomic mass is 9.87. The van der Waals surface area contributed by atoms with Crippen molar-refractivity contribution in [3.05, 3.63) is 120 Å². The minimum atomic E-state index is -0.542. The van der Waals surface area contributed by atoms with Crippen LogP contribution < -0.4 is 10.2 Å². The van der Waals surface area contributed by atoms with Crippen LogP contribution in [0.3, 0.4) is 0 Å². The molecule has 0 amide bonds. The molecule has 1 atom stereocenters. The number of hydrogen-bond acceptors (Lipinski definition) is 5. The van der Waals surface area contributed by atoms with Crippen LogP contribution in [0.1, 0.15) is 46.8 Å². The third kappa shape index (κ3) is 6.37. The van der Waals surface area contributed by atoms with Crippen molar-refractivity contribution < 1.29 is 14.3 Å². The number of phenolic OH excluding ortho intramolecular Hbond substituents is 1. The van der Waals surface area contributed by atoms with E-state index in [0.717, 1.165) is 67.0 Å². The largest absolute Gasteiger partial charge is 0.508 e. The Morgan fingerprint density at radius 1 is 0.844 bits per heavy atom. The van der Waals surface area contributed by atoms with Crippen molar-refractivity contribution in [2.75, 3.05) is 44.2 Å². The molecule has 0 saturated carbocycles. The van der Waals surface area contributed by atoms with Gasteiger partial charge < -0.3 is 20.3 Å². The van der Waals surface area contributed by atoms with Crippen molar-refractivity contribution in [2.24, 2.45) is 0 Å². The molecular formula is C38H39FN4O2. The van der Waals surface area contributed by atoms with Gasteiger partial charge in [-0.2, -0.15) is 0 Å². The lowest BCUT2D eigenvalue weighted by molar-refractivity contribution is 0.0977. The Hall–Kier alpha value is -4.46. The van der Waals surface area contributed by atoms with Gasteiger partial charge in [0, 0.05) is 85.7 Å². The lowest BCUT2D eigenvalue weighted by Gasteiger charge is -2.41. The maximum atomic E-state index is 14.4. The number of ketones is 1. The molecule has 2 saturated heterocycles. The molecule has 0 unspecified atom stereocenters. The molecule has 0 aliphatic carbocycles. The Bertz CT molecular complexity index is 1750. The normalized spacial score (nSPS) is 17.0. The molecule has 45 heavy (non-hydrogen) atoms. The van der Waals surface area contributed by atoms with Crippen LogP contribution in [0.15, 0.2) is 97.1 Å². The SMILES string of the molecule is O=C(C[C@@H](c1cc2ccccc2[nH]1)c1cc(F)ccc1O)c1cccc(-c2ccc(N3CCC(N4CCNCC4)CC3)cc2)c1. The Balaban J connectivity index is 1.08. The summed E-state index contributed by atoms with van der Waals surface area (Å²) in [6.07, 6.45) is 2.47. The maximum absolute atomic E-state index is 14.4. The zero-order valence-corrected chi connectivity index (χ0v) is 25.4. The summed E-state index contributed by atoms with van der Waals surface area (Å²) >= 11 is 0. The van der Waals surface area contributed by atoms with Gasteiger partial charge in [0.2, 0.25) is 0 Å². The number of para-hydroxylation sites is 1. The number of hydrogen-bond donors (Lipinski definition) is 3. The number of carbonyl (C=O) groups excluding carboxylic acids is 1. The van der Waals surface area contributed by atoms with Gasteiger partial charge in [-0.15, -0.1) is 0 Å². The van der Waals surface area contributed by atoms with Crippen LogP contribution in [-0.4, -0.2) is 66.1 Å². The van der Waals surface area contributed by atoms with Crippen LogP contribution in [0, 0.1) is 5.82 Å². The van der Waals surface area contributed by atoms with Gasteiger partial charge in [0.05, 0.1) is 0 Å². The molecule has 5 aromatic rings. The van der Waals surface area contributed by atoms with E-state index in [1.807, 2.05) is 54.6 Å². The average molecular weight is 603 g/mol.